The number of nitrogens with zero attached hydrogens (tertiary/aromatic N) is 1. The molecule has 0 aliphatic carbocycles. The van der Waals surface area contributed by atoms with E-state index in [0.29, 0.717) is 24.2 Å². The lowest BCUT2D eigenvalue weighted by molar-refractivity contribution is 0.0914. The van der Waals surface area contributed by atoms with Gasteiger partial charge in [-0.05, 0) is 37.2 Å². The Balaban J connectivity index is 3.20. The number of benzene rings is 1. The molecule has 0 aliphatic rings. The van der Waals surface area contributed by atoms with Gasteiger partial charge in [-0.3, -0.25) is 0 Å². The standard InChI is InChI=1S/C19H26FN3O2/c1-15(13-21)23(10-5-4-6-11-25-3)19(18(24)14-22-2)16-8-7-9-17(20)12-16/h5-13,18-19,21-22,24H,1,4,14H2,2-3H3/b10-5-,11-6+,21-13?/t18-,19+/m1/s1. The van der Waals surface area contributed by atoms with E-state index in [2.05, 4.69) is 11.9 Å². The molecule has 5 nitrogen and oxygen atoms in total. The molecule has 0 spiro atoms. The van der Waals surface area contributed by atoms with Crippen LogP contribution < -0.4 is 5.32 Å². The molecule has 1 aromatic rings. The van der Waals surface area contributed by atoms with Crippen LogP contribution in [0.3, 0.4) is 0 Å². The van der Waals surface area contributed by atoms with E-state index in [1.54, 1.807) is 43.7 Å². The molecule has 0 fully saturated rings. The third-order valence-electron chi connectivity index (χ3n) is 3.54. The van der Waals surface area contributed by atoms with E-state index in [1.807, 2.05) is 12.2 Å². The molecule has 6 heteroatoms. The minimum absolute atomic E-state index is 0.306. The van der Waals surface area contributed by atoms with E-state index in [4.69, 9.17) is 10.1 Å². The lowest BCUT2D eigenvalue weighted by Gasteiger charge is -2.34. The van der Waals surface area contributed by atoms with Gasteiger partial charge in [-0.25, -0.2) is 4.39 Å². The highest BCUT2D eigenvalue weighted by Gasteiger charge is 2.27. The number of ether oxygens (including phenoxy) is 1. The Morgan fingerprint density at radius 1 is 1.48 bits per heavy atom. The first-order chi connectivity index (χ1) is 12.0. The Hall–Kier alpha value is -2.44. The molecule has 1 rings (SSSR count). The first-order valence-corrected chi connectivity index (χ1v) is 7.95. The Morgan fingerprint density at radius 3 is 2.84 bits per heavy atom. The van der Waals surface area contributed by atoms with Gasteiger partial charge < -0.3 is 25.5 Å². The number of allylic oxidation sites excluding steroid dienone is 3. The van der Waals surface area contributed by atoms with Crippen LogP contribution in [0.4, 0.5) is 4.39 Å². The second-order valence-corrected chi connectivity index (χ2v) is 5.40. The zero-order valence-electron chi connectivity index (χ0n) is 14.7. The van der Waals surface area contributed by atoms with Crippen LogP contribution in [0.15, 0.2) is 61.2 Å². The average Bonchev–Trinajstić information content (AvgIpc) is 2.60. The number of nitrogens with one attached hydrogen (secondary N) is 2. The van der Waals surface area contributed by atoms with Crippen LogP contribution in [0.1, 0.15) is 18.0 Å². The molecule has 0 saturated carbocycles. The maximum absolute atomic E-state index is 13.7. The van der Waals surface area contributed by atoms with Crippen LogP contribution in [0.2, 0.25) is 0 Å². The fourth-order valence-electron chi connectivity index (χ4n) is 2.43. The molecule has 0 aromatic heterocycles. The zero-order valence-corrected chi connectivity index (χ0v) is 14.7. The summed E-state index contributed by atoms with van der Waals surface area (Å²) in [6.07, 6.45) is 7.86. The molecule has 25 heavy (non-hydrogen) atoms. The predicted molar refractivity (Wildman–Crippen MR) is 98.7 cm³/mol. The number of halogens is 1. The van der Waals surface area contributed by atoms with Crippen molar-refractivity contribution in [1.29, 1.82) is 5.41 Å². The van der Waals surface area contributed by atoms with Gasteiger partial charge in [0.15, 0.2) is 0 Å². The van der Waals surface area contributed by atoms with Gasteiger partial charge in [0, 0.05) is 19.0 Å². The Morgan fingerprint density at radius 2 is 2.24 bits per heavy atom. The molecular weight excluding hydrogens is 321 g/mol. The van der Waals surface area contributed by atoms with Crippen molar-refractivity contribution in [2.75, 3.05) is 20.7 Å². The summed E-state index contributed by atoms with van der Waals surface area (Å²) in [5.41, 5.74) is 0.985. The fourth-order valence-corrected chi connectivity index (χ4v) is 2.43. The lowest BCUT2D eigenvalue weighted by Crippen LogP contribution is -2.38. The minimum Gasteiger partial charge on any atom is -0.505 e. The van der Waals surface area contributed by atoms with Gasteiger partial charge in [0.05, 0.1) is 31.2 Å². The maximum atomic E-state index is 13.7. The fraction of sp³-hybridized carbons (Fsp3) is 0.316. The van der Waals surface area contributed by atoms with E-state index in [1.165, 1.54) is 12.1 Å². The monoisotopic (exact) mass is 347 g/mol. The predicted octanol–water partition coefficient (Wildman–Crippen LogP) is 2.98. The van der Waals surface area contributed by atoms with Gasteiger partial charge in [-0.1, -0.05) is 24.8 Å². The highest BCUT2D eigenvalue weighted by molar-refractivity contribution is 5.74. The number of aliphatic hydroxyl groups excluding tert-OH is 1. The van der Waals surface area contributed by atoms with E-state index in [9.17, 15) is 9.50 Å². The number of methoxy groups -OCH3 is 1. The van der Waals surface area contributed by atoms with Crippen molar-refractivity contribution >= 4 is 6.21 Å². The molecule has 0 aliphatic heterocycles. The summed E-state index contributed by atoms with van der Waals surface area (Å²) in [7, 11) is 3.30. The van der Waals surface area contributed by atoms with Gasteiger partial charge >= 0.3 is 0 Å². The van der Waals surface area contributed by atoms with Crippen LogP contribution in [0, 0.1) is 11.2 Å². The van der Waals surface area contributed by atoms with Crippen LogP contribution in [0.25, 0.3) is 0 Å². The SMILES string of the molecule is C=C(C=N)N(/C=C\C/C=C/OC)[C@@H](c1cccc(F)c1)[C@H](O)CNC. The summed E-state index contributed by atoms with van der Waals surface area (Å²) in [4.78, 5) is 1.67. The molecule has 0 radical (unpaired) electrons. The van der Waals surface area contributed by atoms with Crippen LogP contribution in [0.5, 0.6) is 0 Å². The summed E-state index contributed by atoms with van der Waals surface area (Å²) >= 11 is 0. The summed E-state index contributed by atoms with van der Waals surface area (Å²) in [6, 6.07) is 5.49. The first kappa shape index (κ1) is 20.6. The van der Waals surface area contributed by atoms with Gasteiger partial charge in [-0.15, -0.1) is 0 Å². The molecule has 3 N–H and O–H groups in total. The molecule has 0 bridgehead atoms. The number of hydrogen-bond acceptors (Lipinski definition) is 5. The molecular formula is C19H26FN3O2. The van der Waals surface area contributed by atoms with Crippen molar-refractivity contribution < 1.29 is 14.2 Å². The Bertz CT molecular complexity index is 616. The summed E-state index contributed by atoms with van der Waals surface area (Å²) in [5, 5.41) is 21.0. The largest absolute Gasteiger partial charge is 0.505 e. The van der Waals surface area contributed by atoms with Crippen molar-refractivity contribution in [3.63, 3.8) is 0 Å². The number of aliphatic hydroxyl groups is 1. The normalized spacial score (nSPS) is 13.8. The second kappa shape index (κ2) is 11.2. The van der Waals surface area contributed by atoms with Crippen LogP contribution in [-0.2, 0) is 4.74 Å². The van der Waals surface area contributed by atoms with Gasteiger partial charge in [0.2, 0.25) is 0 Å². The third kappa shape index (κ3) is 6.52. The number of likely N-dealkylation sites (N-methyl/N-ethyl adjacent to an activating group) is 1. The zero-order chi connectivity index (χ0) is 18.7. The Labute approximate surface area is 148 Å². The second-order valence-electron chi connectivity index (χ2n) is 5.40. The van der Waals surface area contributed by atoms with Gasteiger partial charge in [0.25, 0.3) is 0 Å². The summed E-state index contributed by atoms with van der Waals surface area (Å²) in [5.74, 6) is -0.383. The van der Waals surface area contributed by atoms with Crippen molar-refractivity contribution in [2.45, 2.75) is 18.6 Å². The molecule has 0 heterocycles. The highest BCUT2D eigenvalue weighted by atomic mass is 19.1. The number of rotatable bonds is 11. The highest BCUT2D eigenvalue weighted by Crippen LogP contribution is 2.28. The average molecular weight is 347 g/mol. The summed E-state index contributed by atoms with van der Waals surface area (Å²) in [6.45, 7) is 4.17. The number of hydrogen-bond donors (Lipinski definition) is 3. The lowest BCUT2D eigenvalue weighted by atomic mass is 9.98. The van der Waals surface area contributed by atoms with Crippen LogP contribution >= 0.6 is 0 Å². The van der Waals surface area contributed by atoms with E-state index in [0.717, 1.165) is 6.21 Å². The molecule has 0 amide bonds. The third-order valence-corrected chi connectivity index (χ3v) is 3.54. The van der Waals surface area contributed by atoms with E-state index in [-0.39, 0.29) is 5.82 Å². The quantitative estimate of drug-likeness (QED) is 0.425. The molecule has 0 saturated heterocycles. The van der Waals surface area contributed by atoms with Gasteiger partial charge in [-0.2, -0.15) is 0 Å². The molecule has 0 unspecified atom stereocenters. The van der Waals surface area contributed by atoms with Crippen molar-refractivity contribution in [1.82, 2.24) is 10.2 Å². The Kier molecular flexibility index (Phi) is 9.21. The smallest absolute Gasteiger partial charge is 0.123 e. The summed E-state index contributed by atoms with van der Waals surface area (Å²) < 4.78 is 18.5. The molecule has 136 valence electrons. The van der Waals surface area contributed by atoms with E-state index >= 15 is 0 Å². The van der Waals surface area contributed by atoms with Gasteiger partial charge in [0.1, 0.15) is 5.82 Å². The van der Waals surface area contributed by atoms with Crippen molar-refractivity contribution in [3.05, 3.63) is 72.5 Å². The van der Waals surface area contributed by atoms with Crippen molar-refractivity contribution in [3.8, 4) is 0 Å². The van der Waals surface area contributed by atoms with Crippen molar-refractivity contribution in [2.24, 2.45) is 0 Å². The van der Waals surface area contributed by atoms with Crippen LogP contribution in [-0.4, -0.2) is 43.0 Å². The van der Waals surface area contributed by atoms with E-state index < -0.39 is 12.1 Å². The minimum atomic E-state index is -0.831. The molecule has 2 atom stereocenters. The molecule has 1 aromatic carbocycles. The maximum Gasteiger partial charge on any atom is 0.123 e. The topological polar surface area (TPSA) is 68.6 Å². The first-order valence-electron chi connectivity index (χ1n) is 7.95.